The monoisotopic (exact) mass is 255 g/mol. The van der Waals surface area contributed by atoms with Gasteiger partial charge in [0.25, 0.3) is 0 Å². The molecule has 6 heteroatoms. The topological polar surface area (TPSA) is 67.6 Å². The first kappa shape index (κ1) is 12.5. The highest BCUT2D eigenvalue weighted by Gasteiger charge is 2.29. The standard InChI is InChI=1S/C11H17N3O2S/c12-13-16-11(15)5-6-14(9-3-4-9)8-10-2-1-7-17-10/h1-2,7,9,13H,3-6,8,12H2. The smallest absolute Gasteiger partial charge is 0.327 e. The normalized spacial score (nSPS) is 15.2. The molecule has 1 heterocycles. The van der Waals surface area contributed by atoms with Crippen molar-refractivity contribution >= 4 is 17.3 Å². The summed E-state index contributed by atoms with van der Waals surface area (Å²) in [5.74, 6) is 4.60. The van der Waals surface area contributed by atoms with Crippen molar-refractivity contribution in [1.82, 2.24) is 10.5 Å². The van der Waals surface area contributed by atoms with Gasteiger partial charge in [-0.2, -0.15) is 0 Å². The lowest BCUT2D eigenvalue weighted by Gasteiger charge is -2.20. The maximum Gasteiger partial charge on any atom is 0.327 e. The van der Waals surface area contributed by atoms with Crippen molar-refractivity contribution in [2.75, 3.05) is 6.54 Å². The van der Waals surface area contributed by atoms with E-state index in [1.165, 1.54) is 17.7 Å². The molecule has 3 N–H and O–H groups in total. The van der Waals surface area contributed by atoms with Crippen LogP contribution in [0.5, 0.6) is 0 Å². The first-order valence-corrected chi connectivity index (χ1v) is 6.59. The first-order chi connectivity index (χ1) is 8.29. The van der Waals surface area contributed by atoms with Gasteiger partial charge in [0, 0.05) is 24.0 Å². The molecule has 0 aromatic carbocycles. The lowest BCUT2D eigenvalue weighted by atomic mass is 10.3. The molecule has 1 saturated carbocycles. The fourth-order valence-electron chi connectivity index (χ4n) is 1.78. The number of rotatable bonds is 7. The van der Waals surface area contributed by atoms with Gasteiger partial charge in [-0.1, -0.05) is 11.7 Å². The van der Waals surface area contributed by atoms with Crippen molar-refractivity contribution in [1.29, 1.82) is 0 Å². The molecular formula is C11H17N3O2S. The number of nitrogens with two attached hydrogens (primary N) is 1. The average molecular weight is 255 g/mol. The lowest BCUT2D eigenvalue weighted by Crippen LogP contribution is -2.31. The van der Waals surface area contributed by atoms with Gasteiger partial charge in [-0.15, -0.1) is 11.3 Å². The zero-order chi connectivity index (χ0) is 12.1. The molecule has 0 bridgehead atoms. The predicted molar refractivity (Wildman–Crippen MR) is 65.8 cm³/mol. The molecule has 0 amide bonds. The minimum Gasteiger partial charge on any atom is -0.356 e. The third-order valence-electron chi connectivity index (χ3n) is 2.78. The quantitative estimate of drug-likeness (QED) is 0.562. The van der Waals surface area contributed by atoms with E-state index in [9.17, 15) is 4.79 Å². The molecule has 0 spiro atoms. The highest BCUT2D eigenvalue weighted by molar-refractivity contribution is 7.09. The largest absolute Gasteiger partial charge is 0.356 e. The van der Waals surface area contributed by atoms with E-state index in [-0.39, 0.29) is 5.97 Å². The maximum absolute atomic E-state index is 11.2. The fraction of sp³-hybridized carbons (Fsp3) is 0.545. The van der Waals surface area contributed by atoms with Gasteiger partial charge in [-0.05, 0) is 24.3 Å². The summed E-state index contributed by atoms with van der Waals surface area (Å²) < 4.78 is 0. The van der Waals surface area contributed by atoms with Crippen LogP contribution >= 0.6 is 11.3 Å². The van der Waals surface area contributed by atoms with Gasteiger partial charge in [0.15, 0.2) is 0 Å². The zero-order valence-electron chi connectivity index (χ0n) is 9.59. The summed E-state index contributed by atoms with van der Waals surface area (Å²) in [4.78, 5) is 19.4. The molecular weight excluding hydrogens is 238 g/mol. The van der Waals surface area contributed by atoms with Crippen molar-refractivity contribution in [2.24, 2.45) is 5.84 Å². The Morgan fingerprint density at radius 1 is 1.65 bits per heavy atom. The molecule has 1 aromatic rings. The van der Waals surface area contributed by atoms with Crippen LogP contribution in [0.2, 0.25) is 0 Å². The summed E-state index contributed by atoms with van der Waals surface area (Å²) in [6.07, 6.45) is 2.83. The third-order valence-corrected chi connectivity index (χ3v) is 3.64. The van der Waals surface area contributed by atoms with Crippen LogP contribution in [-0.2, 0) is 16.2 Å². The Hall–Kier alpha value is -0.950. The molecule has 5 nitrogen and oxygen atoms in total. The van der Waals surface area contributed by atoms with Gasteiger partial charge in [-0.25, -0.2) is 5.84 Å². The molecule has 1 aromatic heterocycles. The molecule has 0 aliphatic heterocycles. The molecule has 1 aliphatic carbocycles. The number of thiophene rings is 1. The maximum atomic E-state index is 11.2. The number of carbonyl (C=O) groups is 1. The van der Waals surface area contributed by atoms with Crippen molar-refractivity contribution in [3.05, 3.63) is 22.4 Å². The number of hydrogen-bond acceptors (Lipinski definition) is 6. The Bertz CT molecular complexity index is 352. The molecule has 17 heavy (non-hydrogen) atoms. The van der Waals surface area contributed by atoms with Gasteiger partial charge in [0.05, 0.1) is 6.42 Å². The van der Waals surface area contributed by atoms with Crippen molar-refractivity contribution in [3.8, 4) is 0 Å². The highest BCUT2D eigenvalue weighted by atomic mass is 32.1. The average Bonchev–Trinajstić information content (AvgIpc) is 3.03. The first-order valence-electron chi connectivity index (χ1n) is 5.71. The molecule has 0 radical (unpaired) electrons. The van der Waals surface area contributed by atoms with Gasteiger partial charge in [0.2, 0.25) is 0 Å². The van der Waals surface area contributed by atoms with E-state index >= 15 is 0 Å². The molecule has 0 unspecified atom stereocenters. The molecule has 1 fully saturated rings. The second-order valence-electron chi connectivity index (χ2n) is 4.12. The van der Waals surface area contributed by atoms with E-state index in [0.29, 0.717) is 12.5 Å². The van der Waals surface area contributed by atoms with Crippen LogP contribution in [0, 0.1) is 0 Å². The van der Waals surface area contributed by atoms with E-state index in [1.807, 2.05) is 5.59 Å². The van der Waals surface area contributed by atoms with Crippen LogP contribution in [0.4, 0.5) is 0 Å². The minimum absolute atomic E-state index is 0.315. The Labute approximate surface area is 104 Å². The number of nitrogens with one attached hydrogen (secondary N) is 1. The van der Waals surface area contributed by atoms with Crippen molar-refractivity contribution < 1.29 is 9.63 Å². The Morgan fingerprint density at radius 3 is 3.06 bits per heavy atom. The molecule has 2 rings (SSSR count). The summed E-state index contributed by atoms with van der Waals surface area (Å²) in [5.41, 5.74) is 1.92. The highest BCUT2D eigenvalue weighted by Crippen LogP contribution is 2.29. The summed E-state index contributed by atoms with van der Waals surface area (Å²) in [7, 11) is 0. The van der Waals surface area contributed by atoms with Crippen LogP contribution in [0.25, 0.3) is 0 Å². The molecule has 0 saturated heterocycles. The Kier molecular flexibility index (Phi) is 4.49. The Balaban J connectivity index is 1.79. The van der Waals surface area contributed by atoms with Crippen LogP contribution in [0.1, 0.15) is 24.1 Å². The van der Waals surface area contributed by atoms with Crippen LogP contribution < -0.4 is 11.4 Å². The van der Waals surface area contributed by atoms with E-state index < -0.39 is 0 Å². The molecule has 0 atom stereocenters. The van der Waals surface area contributed by atoms with Crippen molar-refractivity contribution in [2.45, 2.75) is 31.8 Å². The zero-order valence-corrected chi connectivity index (χ0v) is 10.4. The van der Waals surface area contributed by atoms with Crippen LogP contribution in [-0.4, -0.2) is 23.5 Å². The summed E-state index contributed by atoms with van der Waals surface area (Å²) in [5, 5.41) is 2.08. The SMILES string of the molecule is NNOC(=O)CCN(Cc1cccs1)C1CC1. The van der Waals surface area contributed by atoms with Gasteiger partial charge in [0.1, 0.15) is 0 Å². The van der Waals surface area contributed by atoms with E-state index in [4.69, 9.17) is 5.84 Å². The number of hydrogen-bond donors (Lipinski definition) is 2. The van der Waals surface area contributed by atoms with Crippen LogP contribution in [0.3, 0.4) is 0 Å². The minimum atomic E-state index is -0.315. The predicted octanol–water partition coefficient (Wildman–Crippen LogP) is 1.02. The number of nitrogens with zero attached hydrogens (tertiary/aromatic N) is 1. The Morgan fingerprint density at radius 2 is 2.47 bits per heavy atom. The van der Waals surface area contributed by atoms with Gasteiger partial charge in [-0.3, -0.25) is 9.69 Å². The molecule has 1 aliphatic rings. The van der Waals surface area contributed by atoms with E-state index in [2.05, 4.69) is 27.3 Å². The summed E-state index contributed by atoms with van der Waals surface area (Å²) in [6, 6.07) is 4.81. The second kappa shape index (κ2) is 6.11. The van der Waals surface area contributed by atoms with Crippen LogP contribution in [0.15, 0.2) is 17.5 Å². The fourth-order valence-corrected chi connectivity index (χ4v) is 2.51. The van der Waals surface area contributed by atoms with E-state index in [1.54, 1.807) is 11.3 Å². The van der Waals surface area contributed by atoms with Crippen molar-refractivity contribution in [3.63, 3.8) is 0 Å². The number of hydrazine groups is 1. The van der Waals surface area contributed by atoms with Gasteiger partial charge < -0.3 is 4.84 Å². The van der Waals surface area contributed by atoms with Gasteiger partial charge >= 0.3 is 5.97 Å². The number of carbonyl (C=O) groups excluding carboxylic acids is 1. The lowest BCUT2D eigenvalue weighted by molar-refractivity contribution is -0.151. The van der Waals surface area contributed by atoms with E-state index in [0.717, 1.165) is 13.1 Å². The second-order valence-corrected chi connectivity index (χ2v) is 5.16. The molecule has 94 valence electrons. The summed E-state index contributed by atoms with van der Waals surface area (Å²) in [6.45, 7) is 1.65. The summed E-state index contributed by atoms with van der Waals surface area (Å²) >= 11 is 1.75. The third kappa shape index (κ3) is 4.08.